The average molecular weight is 662 g/mol. The predicted molar refractivity (Wildman–Crippen MR) is 142 cm³/mol. The normalized spacial score (nSPS) is 17.2. The van der Waals surface area contributed by atoms with E-state index >= 15 is 0 Å². The van der Waals surface area contributed by atoms with Gasteiger partial charge in [-0.1, -0.05) is 29.5 Å². The Morgan fingerprint density at radius 3 is 2.58 bits per heavy atom. The van der Waals surface area contributed by atoms with E-state index in [2.05, 4.69) is 66.0 Å². The van der Waals surface area contributed by atoms with E-state index in [1.54, 1.807) is 6.21 Å². The number of hydrogen-bond acceptors (Lipinski definition) is 6. The summed E-state index contributed by atoms with van der Waals surface area (Å²) in [4.78, 5) is 24.4. The van der Waals surface area contributed by atoms with Crippen LogP contribution in [0, 0.1) is 14.1 Å². The van der Waals surface area contributed by atoms with Gasteiger partial charge in [0.15, 0.2) is 5.17 Å². The summed E-state index contributed by atoms with van der Waals surface area (Å²) in [6.45, 7) is 4.53. The lowest BCUT2D eigenvalue weighted by Gasteiger charge is -2.08. The van der Waals surface area contributed by atoms with Gasteiger partial charge in [0.25, 0.3) is 0 Å². The number of nitrogens with zero attached hydrogens (tertiary/aromatic N) is 2. The van der Waals surface area contributed by atoms with E-state index in [9.17, 15) is 9.59 Å². The molecule has 0 bridgehead atoms. The topological polar surface area (TPSA) is 92.2 Å². The number of nitrogens with one attached hydrogen (secondary N) is 2. The lowest BCUT2D eigenvalue weighted by Crippen LogP contribution is -2.28. The Morgan fingerprint density at radius 2 is 1.94 bits per heavy atom. The maximum absolute atomic E-state index is 12.3. The maximum atomic E-state index is 12.3. The van der Waals surface area contributed by atoms with E-state index in [1.807, 2.05) is 50.2 Å². The molecule has 2 amide bonds. The predicted octanol–water partition coefficient (Wildman–Crippen LogP) is 4.55. The number of hydrogen-bond donors (Lipinski definition) is 2. The molecule has 1 heterocycles. The van der Waals surface area contributed by atoms with Crippen LogP contribution in [0.5, 0.6) is 5.75 Å². The van der Waals surface area contributed by atoms with Crippen LogP contribution in [0.3, 0.4) is 0 Å². The number of benzene rings is 2. The van der Waals surface area contributed by atoms with Crippen LogP contribution in [-0.4, -0.2) is 35.1 Å². The smallest absolute Gasteiger partial charge is 0.240 e. The third kappa shape index (κ3) is 6.91. The zero-order valence-electron chi connectivity index (χ0n) is 16.8. The fourth-order valence-corrected chi connectivity index (χ4v) is 5.74. The number of halogens is 2. The molecule has 1 unspecified atom stereocenters. The van der Waals surface area contributed by atoms with Crippen LogP contribution in [0.4, 0.5) is 5.69 Å². The van der Waals surface area contributed by atoms with Gasteiger partial charge in [-0.3, -0.25) is 9.59 Å². The molecule has 0 aromatic heterocycles. The first kappa shape index (κ1) is 24.0. The number of anilines is 1. The Morgan fingerprint density at radius 1 is 1.26 bits per heavy atom. The van der Waals surface area contributed by atoms with Gasteiger partial charge in [-0.15, -0.1) is 5.10 Å². The first-order chi connectivity index (χ1) is 14.9. The zero-order valence-corrected chi connectivity index (χ0v) is 21.9. The first-order valence-electron chi connectivity index (χ1n) is 9.42. The summed E-state index contributed by atoms with van der Waals surface area (Å²) in [5, 5.41) is 13.5. The molecule has 0 saturated carbocycles. The first-order valence-corrected chi connectivity index (χ1v) is 12.5. The van der Waals surface area contributed by atoms with Gasteiger partial charge >= 0.3 is 0 Å². The highest BCUT2D eigenvalue weighted by molar-refractivity contribution is 14.1. The SMILES string of the molecule is CCOc1c(I)cc(/C=N/N=C2\NC(=O)C(CC(=O)Nc3ccc(C)cc3)S2)cc1I. The number of amidine groups is 1. The molecule has 31 heavy (non-hydrogen) atoms. The Balaban J connectivity index is 1.58. The summed E-state index contributed by atoms with van der Waals surface area (Å²) in [5.74, 6) is 0.389. The lowest BCUT2D eigenvalue weighted by atomic mass is 10.2. The molecule has 2 N–H and O–H groups in total. The quantitative estimate of drug-likeness (QED) is 0.259. The number of thioether (sulfide) groups is 1. The molecule has 0 aliphatic carbocycles. The molecule has 1 saturated heterocycles. The Kier molecular flexibility index (Phi) is 8.72. The van der Waals surface area contributed by atoms with Gasteiger partial charge in [0, 0.05) is 12.1 Å². The van der Waals surface area contributed by atoms with E-state index in [-0.39, 0.29) is 18.2 Å². The third-order valence-corrected chi connectivity index (χ3v) is 6.82. The number of carbonyl (C=O) groups excluding carboxylic acids is 2. The molecule has 1 aliphatic heterocycles. The van der Waals surface area contributed by atoms with Crippen molar-refractivity contribution in [1.82, 2.24) is 5.32 Å². The largest absolute Gasteiger partial charge is 0.492 e. The highest BCUT2D eigenvalue weighted by Gasteiger charge is 2.32. The van der Waals surface area contributed by atoms with Crippen molar-refractivity contribution in [2.75, 3.05) is 11.9 Å². The minimum Gasteiger partial charge on any atom is -0.492 e. The van der Waals surface area contributed by atoms with Crippen molar-refractivity contribution < 1.29 is 14.3 Å². The van der Waals surface area contributed by atoms with Gasteiger partial charge in [-0.05, 0) is 88.9 Å². The molecule has 10 heteroatoms. The highest BCUT2D eigenvalue weighted by atomic mass is 127. The van der Waals surface area contributed by atoms with Gasteiger partial charge in [0.05, 0.1) is 20.0 Å². The average Bonchev–Trinajstić information content (AvgIpc) is 3.05. The minimum absolute atomic E-state index is 0.0579. The summed E-state index contributed by atoms with van der Waals surface area (Å²) in [6.07, 6.45) is 1.68. The van der Waals surface area contributed by atoms with Crippen LogP contribution in [-0.2, 0) is 9.59 Å². The number of aryl methyl sites for hydroxylation is 1. The summed E-state index contributed by atoms with van der Waals surface area (Å²) in [7, 11) is 0. The van der Waals surface area contributed by atoms with Crippen LogP contribution < -0.4 is 15.4 Å². The van der Waals surface area contributed by atoms with Crippen LogP contribution in [0.1, 0.15) is 24.5 Å². The number of carbonyl (C=O) groups is 2. The van der Waals surface area contributed by atoms with E-state index in [1.165, 1.54) is 11.8 Å². The number of ether oxygens (including phenoxy) is 1. The molecule has 3 rings (SSSR count). The number of rotatable bonds is 7. The second-order valence-electron chi connectivity index (χ2n) is 6.61. The van der Waals surface area contributed by atoms with Crippen LogP contribution in [0.2, 0.25) is 0 Å². The van der Waals surface area contributed by atoms with Crippen molar-refractivity contribution in [3.05, 3.63) is 54.7 Å². The zero-order chi connectivity index (χ0) is 22.4. The monoisotopic (exact) mass is 662 g/mol. The molecular weight excluding hydrogens is 642 g/mol. The minimum atomic E-state index is -0.535. The molecule has 1 fully saturated rings. The maximum Gasteiger partial charge on any atom is 0.240 e. The molecule has 1 aliphatic rings. The fraction of sp³-hybridized carbons (Fsp3) is 0.238. The lowest BCUT2D eigenvalue weighted by molar-refractivity contribution is -0.122. The Labute approximate surface area is 212 Å². The molecule has 0 radical (unpaired) electrons. The van der Waals surface area contributed by atoms with E-state index in [0.29, 0.717) is 17.5 Å². The summed E-state index contributed by atoms with van der Waals surface area (Å²) in [5.41, 5.74) is 2.70. The third-order valence-electron chi connectivity index (χ3n) is 4.15. The molecular formula is C21H20I2N4O3S. The van der Waals surface area contributed by atoms with Gasteiger partial charge < -0.3 is 15.4 Å². The van der Waals surface area contributed by atoms with E-state index < -0.39 is 5.25 Å². The highest BCUT2D eigenvalue weighted by Crippen LogP contribution is 2.28. The van der Waals surface area contributed by atoms with Gasteiger partial charge in [0.2, 0.25) is 11.8 Å². The van der Waals surface area contributed by atoms with E-state index in [0.717, 1.165) is 24.0 Å². The second kappa shape index (κ2) is 11.3. The van der Waals surface area contributed by atoms with Gasteiger partial charge in [-0.2, -0.15) is 5.10 Å². The Hall–Kier alpha value is -1.67. The molecule has 2 aromatic rings. The van der Waals surface area contributed by atoms with Crippen LogP contribution in [0.25, 0.3) is 0 Å². The van der Waals surface area contributed by atoms with Crippen molar-refractivity contribution in [1.29, 1.82) is 0 Å². The second-order valence-corrected chi connectivity index (χ2v) is 10.1. The summed E-state index contributed by atoms with van der Waals surface area (Å²) in [6, 6.07) is 11.4. The van der Waals surface area contributed by atoms with Crippen molar-refractivity contribution >= 4 is 85.8 Å². The fourth-order valence-electron chi connectivity index (χ4n) is 2.69. The molecule has 0 spiro atoms. The van der Waals surface area contributed by atoms with Crippen LogP contribution in [0.15, 0.2) is 46.6 Å². The number of amides is 2. The van der Waals surface area contributed by atoms with Gasteiger partial charge in [0.1, 0.15) is 11.0 Å². The summed E-state index contributed by atoms with van der Waals surface area (Å²) >= 11 is 5.65. The van der Waals surface area contributed by atoms with E-state index in [4.69, 9.17) is 4.74 Å². The molecule has 7 nitrogen and oxygen atoms in total. The van der Waals surface area contributed by atoms with Crippen LogP contribution >= 0.6 is 56.9 Å². The molecule has 162 valence electrons. The standard InChI is InChI=1S/C21H20I2N4O3S/c1-3-30-19-15(22)8-13(9-16(19)23)11-24-27-21-26-20(29)17(31-21)10-18(28)25-14-6-4-12(2)5-7-14/h4-9,11,17H,3,10H2,1-2H3,(H,25,28)(H,26,27,29)/b24-11+. The van der Waals surface area contributed by atoms with Crippen molar-refractivity contribution in [2.45, 2.75) is 25.5 Å². The van der Waals surface area contributed by atoms with Crippen molar-refractivity contribution in [3.63, 3.8) is 0 Å². The van der Waals surface area contributed by atoms with Crippen molar-refractivity contribution in [3.8, 4) is 5.75 Å². The van der Waals surface area contributed by atoms with Gasteiger partial charge in [-0.25, -0.2) is 0 Å². The summed E-state index contributed by atoms with van der Waals surface area (Å²) < 4.78 is 7.61. The van der Waals surface area contributed by atoms with Crippen molar-refractivity contribution in [2.24, 2.45) is 10.2 Å². The molecule has 1 atom stereocenters. The molecule has 2 aromatic carbocycles. The Bertz CT molecular complexity index is 1020.